The van der Waals surface area contributed by atoms with Crippen molar-refractivity contribution in [3.05, 3.63) is 35.8 Å². The Morgan fingerprint density at radius 1 is 1.43 bits per heavy atom. The number of benzene rings is 1. The highest BCUT2D eigenvalue weighted by atomic mass is 32.2. The second-order valence-corrected chi connectivity index (χ2v) is 6.65. The summed E-state index contributed by atoms with van der Waals surface area (Å²) in [5, 5.41) is 10.6. The van der Waals surface area contributed by atoms with Gasteiger partial charge in [-0.15, -0.1) is 10.2 Å². The number of anilines is 1. The van der Waals surface area contributed by atoms with Crippen LogP contribution in [-0.2, 0) is 4.79 Å². The summed E-state index contributed by atoms with van der Waals surface area (Å²) in [5.41, 5.74) is 2.81. The maximum atomic E-state index is 11.8. The van der Waals surface area contributed by atoms with Gasteiger partial charge in [0.1, 0.15) is 5.51 Å². The van der Waals surface area contributed by atoms with Crippen molar-refractivity contribution in [2.75, 3.05) is 24.2 Å². The lowest BCUT2D eigenvalue weighted by atomic mass is 10.2. The van der Waals surface area contributed by atoms with Gasteiger partial charge in [0, 0.05) is 25.3 Å². The number of likely N-dealkylation sites (N-methyl/N-ethyl adjacent to an activating group) is 1. The van der Waals surface area contributed by atoms with E-state index >= 15 is 0 Å². The average molecular weight is 322 g/mol. The lowest BCUT2D eigenvalue weighted by Gasteiger charge is -2.27. The molecule has 0 spiro atoms. The molecule has 1 amide bonds. The summed E-state index contributed by atoms with van der Waals surface area (Å²) in [6, 6.07) is 10.4. The number of rotatable bonds is 7. The van der Waals surface area contributed by atoms with E-state index in [-0.39, 0.29) is 11.9 Å². The summed E-state index contributed by atoms with van der Waals surface area (Å²) in [7, 11) is 2.03. The van der Waals surface area contributed by atoms with Crippen molar-refractivity contribution in [1.82, 2.24) is 15.5 Å². The number of nitrogens with one attached hydrogen (secondary N) is 1. The van der Waals surface area contributed by atoms with Crippen LogP contribution in [0.1, 0.15) is 6.92 Å². The summed E-state index contributed by atoms with van der Waals surface area (Å²) < 4.78 is 0.819. The number of thioether (sulfide) groups is 1. The van der Waals surface area contributed by atoms with E-state index in [4.69, 9.17) is 0 Å². The van der Waals surface area contributed by atoms with Gasteiger partial charge in [0.2, 0.25) is 5.91 Å². The van der Waals surface area contributed by atoms with Gasteiger partial charge in [-0.2, -0.15) is 0 Å². The van der Waals surface area contributed by atoms with Crippen molar-refractivity contribution in [3.8, 4) is 0 Å². The first kappa shape index (κ1) is 15.8. The predicted octanol–water partition coefficient (Wildman–Crippen LogP) is 2.27. The minimum Gasteiger partial charge on any atom is -0.370 e. The summed E-state index contributed by atoms with van der Waals surface area (Å²) >= 11 is 2.85. The monoisotopic (exact) mass is 322 g/mol. The molecule has 1 heterocycles. The number of hydrogen-bond acceptors (Lipinski definition) is 6. The Balaban J connectivity index is 1.73. The zero-order valence-corrected chi connectivity index (χ0v) is 13.7. The molecule has 1 unspecified atom stereocenters. The van der Waals surface area contributed by atoms with Gasteiger partial charge < -0.3 is 10.2 Å². The molecule has 1 atom stereocenters. The Bertz CT molecular complexity index is 547. The molecular formula is C14H18N4OS2. The molecule has 0 fully saturated rings. The van der Waals surface area contributed by atoms with Crippen molar-refractivity contribution in [1.29, 1.82) is 0 Å². The van der Waals surface area contributed by atoms with Crippen LogP contribution in [0.3, 0.4) is 0 Å². The van der Waals surface area contributed by atoms with Gasteiger partial charge in [-0.05, 0) is 19.1 Å². The zero-order chi connectivity index (χ0) is 15.1. The van der Waals surface area contributed by atoms with Gasteiger partial charge in [0.05, 0.1) is 5.75 Å². The highest BCUT2D eigenvalue weighted by Crippen LogP contribution is 2.18. The van der Waals surface area contributed by atoms with Crippen LogP contribution in [0.25, 0.3) is 0 Å². The molecule has 5 nitrogen and oxygen atoms in total. The summed E-state index contributed by atoms with van der Waals surface area (Å²) in [6.07, 6.45) is 0. The van der Waals surface area contributed by atoms with Crippen LogP contribution in [0.4, 0.5) is 5.69 Å². The third-order valence-electron chi connectivity index (χ3n) is 3.09. The van der Waals surface area contributed by atoms with Gasteiger partial charge in [-0.3, -0.25) is 4.79 Å². The van der Waals surface area contributed by atoms with E-state index in [1.807, 2.05) is 25.2 Å². The van der Waals surface area contributed by atoms with Gasteiger partial charge in [0.15, 0.2) is 4.34 Å². The third-order valence-corrected chi connectivity index (χ3v) is 4.95. The number of amides is 1. The minimum absolute atomic E-state index is 0.0171. The lowest BCUT2D eigenvalue weighted by Crippen LogP contribution is -2.40. The largest absolute Gasteiger partial charge is 0.370 e. The van der Waals surface area contributed by atoms with Gasteiger partial charge in [0.25, 0.3) is 0 Å². The minimum atomic E-state index is 0.0171. The van der Waals surface area contributed by atoms with Crippen molar-refractivity contribution < 1.29 is 4.79 Å². The van der Waals surface area contributed by atoms with Crippen molar-refractivity contribution in [2.45, 2.75) is 17.3 Å². The topological polar surface area (TPSA) is 58.1 Å². The number of hydrogen-bond donors (Lipinski definition) is 1. The Kier molecular flexibility index (Phi) is 6.01. The number of carbonyl (C=O) groups is 1. The number of aromatic nitrogens is 2. The van der Waals surface area contributed by atoms with Gasteiger partial charge in [-0.25, -0.2) is 0 Å². The molecule has 2 rings (SSSR count). The van der Waals surface area contributed by atoms with Crippen LogP contribution in [-0.4, -0.2) is 41.5 Å². The molecule has 1 aromatic heterocycles. The number of para-hydroxylation sites is 1. The molecule has 0 aliphatic heterocycles. The molecule has 21 heavy (non-hydrogen) atoms. The molecule has 0 saturated heterocycles. The Labute approximate surface area is 132 Å². The van der Waals surface area contributed by atoms with Crippen LogP contribution in [0, 0.1) is 0 Å². The highest BCUT2D eigenvalue weighted by Gasteiger charge is 2.11. The molecule has 7 heteroatoms. The first-order valence-electron chi connectivity index (χ1n) is 6.60. The van der Waals surface area contributed by atoms with E-state index in [0.717, 1.165) is 10.0 Å². The van der Waals surface area contributed by atoms with Crippen LogP contribution < -0.4 is 10.2 Å². The molecule has 0 aliphatic rings. The normalized spacial score (nSPS) is 11.9. The van der Waals surface area contributed by atoms with E-state index < -0.39 is 0 Å². The summed E-state index contributed by atoms with van der Waals surface area (Å²) in [5.74, 6) is 0.389. The number of carbonyl (C=O) groups excluding carboxylic acids is 1. The van der Waals surface area contributed by atoms with E-state index in [0.29, 0.717) is 12.3 Å². The quantitative estimate of drug-likeness (QED) is 0.793. The van der Waals surface area contributed by atoms with E-state index in [1.165, 1.54) is 23.1 Å². The molecule has 2 aromatic rings. The summed E-state index contributed by atoms with van der Waals surface area (Å²) in [6.45, 7) is 2.70. The van der Waals surface area contributed by atoms with Crippen LogP contribution >= 0.6 is 23.1 Å². The number of nitrogens with zero attached hydrogens (tertiary/aromatic N) is 3. The van der Waals surface area contributed by atoms with E-state index in [1.54, 1.807) is 5.51 Å². The average Bonchev–Trinajstić information content (AvgIpc) is 3.04. The lowest BCUT2D eigenvalue weighted by molar-refractivity contribution is -0.118. The Morgan fingerprint density at radius 3 is 2.86 bits per heavy atom. The van der Waals surface area contributed by atoms with E-state index in [9.17, 15) is 4.79 Å². The van der Waals surface area contributed by atoms with Gasteiger partial charge >= 0.3 is 0 Å². The molecule has 0 radical (unpaired) electrons. The van der Waals surface area contributed by atoms with Crippen molar-refractivity contribution >= 4 is 34.7 Å². The fourth-order valence-electron chi connectivity index (χ4n) is 1.72. The second kappa shape index (κ2) is 7.99. The maximum Gasteiger partial charge on any atom is 0.230 e. The van der Waals surface area contributed by atoms with Crippen molar-refractivity contribution in [2.24, 2.45) is 0 Å². The second-order valence-electron chi connectivity index (χ2n) is 4.59. The summed E-state index contributed by atoms with van der Waals surface area (Å²) in [4.78, 5) is 14.0. The van der Waals surface area contributed by atoms with E-state index in [2.05, 4.69) is 39.5 Å². The fraction of sp³-hybridized carbons (Fsp3) is 0.357. The van der Waals surface area contributed by atoms with Crippen molar-refractivity contribution in [3.63, 3.8) is 0 Å². The van der Waals surface area contributed by atoms with Crippen LogP contribution in [0.2, 0.25) is 0 Å². The first-order chi connectivity index (χ1) is 10.2. The molecule has 1 N–H and O–H groups in total. The Hall–Kier alpha value is -1.60. The molecule has 0 bridgehead atoms. The van der Waals surface area contributed by atoms with Gasteiger partial charge in [-0.1, -0.05) is 41.3 Å². The highest BCUT2D eigenvalue weighted by molar-refractivity contribution is 8.01. The zero-order valence-electron chi connectivity index (χ0n) is 12.0. The molecular weight excluding hydrogens is 304 g/mol. The maximum absolute atomic E-state index is 11.8. The fourth-order valence-corrected chi connectivity index (χ4v) is 3.04. The van der Waals surface area contributed by atoms with Crippen LogP contribution in [0.15, 0.2) is 40.2 Å². The SMILES string of the molecule is CC(CNC(=O)CSc1nncs1)N(C)c1ccccc1. The predicted molar refractivity (Wildman–Crippen MR) is 87.9 cm³/mol. The first-order valence-corrected chi connectivity index (χ1v) is 8.47. The molecule has 112 valence electrons. The Morgan fingerprint density at radius 2 is 2.19 bits per heavy atom. The molecule has 1 aromatic carbocycles. The third kappa shape index (κ3) is 5.02. The molecule has 0 saturated carbocycles. The standard InChI is InChI=1S/C14H18N4OS2/c1-11(18(2)12-6-4-3-5-7-12)8-15-13(19)9-20-14-17-16-10-21-14/h3-7,10-11H,8-9H2,1-2H3,(H,15,19). The smallest absolute Gasteiger partial charge is 0.230 e. The molecule has 0 aliphatic carbocycles. The van der Waals surface area contributed by atoms with Crippen LogP contribution in [0.5, 0.6) is 0 Å².